The minimum atomic E-state index is -0.334. The Labute approximate surface area is 145 Å². The lowest BCUT2D eigenvalue weighted by Crippen LogP contribution is -2.46. The van der Waals surface area contributed by atoms with Gasteiger partial charge in [-0.1, -0.05) is 0 Å². The maximum absolute atomic E-state index is 12.4. The van der Waals surface area contributed by atoms with E-state index < -0.39 is 0 Å². The van der Waals surface area contributed by atoms with Crippen molar-refractivity contribution >= 4 is 5.82 Å². The van der Waals surface area contributed by atoms with Gasteiger partial charge in [0.2, 0.25) is 0 Å². The number of rotatable bonds is 4. The first-order valence-electron chi connectivity index (χ1n) is 7.92. The number of fused-ring (bicyclic) bond motifs is 1. The third-order valence-corrected chi connectivity index (χ3v) is 4.49. The molecule has 134 valence electrons. The van der Waals surface area contributed by atoms with Crippen molar-refractivity contribution in [2.75, 3.05) is 26.2 Å². The minimum Gasteiger partial charge on any atom is -0.497 e. The molecule has 0 amide bonds. The second kappa shape index (κ2) is 6.64. The third-order valence-electron chi connectivity index (χ3n) is 4.49. The van der Waals surface area contributed by atoms with Crippen LogP contribution in [0.25, 0.3) is 0 Å². The lowest BCUT2D eigenvalue weighted by atomic mass is 10.1. The number of hydrogen-bond acceptors (Lipinski definition) is 6. The molecule has 1 aromatic carbocycles. The molecule has 1 aliphatic heterocycles. The number of aromatic nitrogens is 2. The third kappa shape index (κ3) is 3.00. The minimum absolute atomic E-state index is 0.270. The summed E-state index contributed by atoms with van der Waals surface area (Å²) in [5, 5.41) is 3.18. The van der Waals surface area contributed by atoms with Crippen molar-refractivity contribution in [1.82, 2.24) is 14.0 Å². The fraction of sp³-hybridized carbons (Fsp3) is 0.412. The van der Waals surface area contributed by atoms with E-state index in [1.165, 1.54) is 11.6 Å². The van der Waals surface area contributed by atoms with Crippen LogP contribution < -0.4 is 26.0 Å². The molecular weight excluding hydrogens is 324 g/mol. The highest BCUT2D eigenvalue weighted by atomic mass is 16.5. The fourth-order valence-corrected chi connectivity index (χ4v) is 3.11. The number of ether oxygens (including phenoxy) is 2. The molecule has 2 heterocycles. The molecule has 0 bridgehead atoms. The van der Waals surface area contributed by atoms with Crippen LogP contribution >= 0.6 is 0 Å². The van der Waals surface area contributed by atoms with Crippen LogP contribution in [0, 0.1) is 0 Å². The zero-order valence-corrected chi connectivity index (χ0v) is 14.8. The van der Waals surface area contributed by atoms with Crippen LogP contribution in [0.4, 0.5) is 5.82 Å². The molecule has 0 radical (unpaired) electrons. The molecule has 2 aromatic rings. The number of nitrogens with zero attached hydrogens (tertiary/aromatic N) is 3. The SMILES string of the molecule is COc1ccc(OC)c(CN2CNc3c(c(=O)n(C)c(=O)n3C)C2)c1. The summed E-state index contributed by atoms with van der Waals surface area (Å²) in [6.45, 7) is 1.55. The highest BCUT2D eigenvalue weighted by Crippen LogP contribution is 2.27. The summed E-state index contributed by atoms with van der Waals surface area (Å²) in [6.07, 6.45) is 0. The van der Waals surface area contributed by atoms with Gasteiger partial charge in [-0.3, -0.25) is 18.8 Å². The molecule has 3 rings (SSSR count). The molecule has 0 aliphatic carbocycles. The van der Waals surface area contributed by atoms with E-state index in [1.54, 1.807) is 21.3 Å². The molecule has 25 heavy (non-hydrogen) atoms. The largest absolute Gasteiger partial charge is 0.497 e. The number of benzene rings is 1. The van der Waals surface area contributed by atoms with Gasteiger partial charge >= 0.3 is 5.69 Å². The number of anilines is 1. The first-order valence-corrected chi connectivity index (χ1v) is 7.92. The Hall–Kier alpha value is -2.74. The number of hydrogen-bond donors (Lipinski definition) is 1. The van der Waals surface area contributed by atoms with E-state index in [1.807, 2.05) is 18.2 Å². The highest BCUT2D eigenvalue weighted by molar-refractivity contribution is 5.46. The molecule has 0 unspecified atom stereocenters. The Balaban J connectivity index is 1.92. The van der Waals surface area contributed by atoms with Gasteiger partial charge in [-0.15, -0.1) is 0 Å². The monoisotopic (exact) mass is 346 g/mol. The summed E-state index contributed by atoms with van der Waals surface area (Å²) in [5.74, 6) is 2.10. The van der Waals surface area contributed by atoms with Crippen molar-refractivity contribution in [3.8, 4) is 11.5 Å². The summed E-state index contributed by atoms with van der Waals surface area (Å²) >= 11 is 0. The standard InChI is InChI=1S/C17H22N4O4/c1-19-15-13(16(22)20(2)17(19)23)9-21(10-18-15)8-11-7-12(24-3)5-6-14(11)25-4/h5-7,18H,8-10H2,1-4H3. The Morgan fingerprint density at radius 2 is 1.88 bits per heavy atom. The van der Waals surface area contributed by atoms with Crippen LogP contribution in [0.15, 0.2) is 27.8 Å². The lowest BCUT2D eigenvalue weighted by Gasteiger charge is -2.31. The topological polar surface area (TPSA) is 77.7 Å². The van der Waals surface area contributed by atoms with Gasteiger partial charge in [0.05, 0.1) is 26.5 Å². The average molecular weight is 346 g/mol. The predicted molar refractivity (Wildman–Crippen MR) is 94.2 cm³/mol. The first-order chi connectivity index (χ1) is 12.0. The summed E-state index contributed by atoms with van der Waals surface area (Å²) in [6, 6.07) is 5.63. The Morgan fingerprint density at radius 3 is 2.56 bits per heavy atom. The second-order valence-corrected chi connectivity index (χ2v) is 6.03. The van der Waals surface area contributed by atoms with Gasteiger partial charge in [0.25, 0.3) is 5.56 Å². The molecule has 1 N–H and O–H groups in total. The predicted octanol–water partition coefficient (Wildman–Crippen LogP) is 0.486. The number of methoxy groups -OCH3 is 2. The van der Waals surface area contributed by atoms with Crippen molar-refractivity contribution < 1.29 is 9.47 Å². The van der Waals surface area contributed by atoms with Crippen LogP contribution in [0.2, 0.25) is 0 Å². The quantitative estimate of drug-likeness (QED) is 0.868. The zero-order chi connectivity index (χ0) is 18.1. The maximum Gasteiger partial charge on any atom is 0.332 e. The second-order valence-electron chi connectivity index (χ2n) is 6.03. The normalized spacial score (nSPS) is 13.9. The van der Waals surface area contributed by atoms with Crippen LogP contribution in [-0.2, 0) is 27.2 Å². The van der Waals surface area contributed by atoms with Crippen LogP contribution in [0.3, 0.4) is 0 Å². The molecule has 0 fully saturated rings. The molecule has 8 nitrogen and oxygen atoms in total. The Kier molecular flexibility index (Phi) is 4.54. The highest BCUT2D eigenvalue weighted by Gasteiger charge is 2.23. The van der Waals surface area contributed by atoms with E-state index in [9.17, 15) is 9.59 Å². The zero-order valence-electron chi connectivity index (χ0n) is 14.8. The summed E-state index contributed by atoms with van der Waals surface area (Å²) < 4.78 is 13.3. The molecule has 1 aromatic heterocycles. The molecule has 1 aliphatic rings. The van der Waals surface area contributed by atoms with Gasteiger partial charge in [0, 0.05) is 32.7 Å². The number of nitrogens with one attached hydrogen (secondary N) is 1. The molecule has 0 atom stereocenters. The fourth-order valence-electron chi connectivity index (χ4n) is 3.11. The van der Waals surface area contributed by atoms with Crippen molar-refractivity contribution in [2.45, 2.75) is 13.1 Å². The van der Waals surface area contributed by atoms with Gasteiger partial charge in [-0.25, -0.2) is 4.79 Å². The van der Waals surface area contributed by atoms with Gasteiger partial charge in [0.1, 0.15) is 17.3 Å². The molecular formula is C17H22N4O4. The van der Waals surface area contributed by atoms with Crippen LogP contribution in [0.5, 0.6) is 11.5 Å². The summed E-state index contributed by atoms with van der Waals surface area (Å²) in [7, 11) is 6.40. The van der Waals surface area contributed by atoms with E-state index in [4.69, 9.17) is 9.47 Å². The first kappa shape index (κ1) is 17.1. The van der Waals surface area contributed by atoms with Crippen molar-refractivity contribution in [3.05, 3.63) is 50.2 Å². The smallest absolute Gasteiger partial charge is 0.332 e. The van der Waals surface area contributed by atoms with E-state index in [-0.39, 0.29) is 11.2 Å². The van der Waals surface area contributed by atoms with E-state index in [0.29, 0.717) is 31.1 Å². The van der Waals surface area contributed by atoms with E-state index in [0.717, 1.165) is 21.6 Å². The van der Waals surface area contributed by atoms with E-state index >= 15 is 0 Å². The van der Waals surface area contributed by atoms with Gasteiger partial charge in [-0.2, -0.15) is 0 Å². The molecule has 0 saturated heterocycles. The van der Waals surface area contributed by atoms with Crippen molar-refractivity contribution in [3.63, 3.8) is 0 Å². The van der Waals surface area contributed by atoms with Crippen molar-refractivity contribution in [1.29, 1.82) is 0 Å². The Bertz CT molecular complexity index is 916. The van der Waals surface area contributed by atoms with Crippen molar-refractivity contribution in [2.24, 2.45) is 14.1 Å². The molecule has 8 heteroatoms. The van der Waals surface area contributed by atoms with Crippen LogP contribution in [0.1, 0.15) is 11.1 Å². The average Bonchev–Trinajstić information content (AvgIpc) is 2.64. The van der Waals surface area contributed by atoms with E-state index in [2.05, 4.69) is 10.2 Å². The van der Waals surface area contributed by atoms with Gasteiger partial charge in [0.15, 0.2) is 0 Å². The van der Waals surface area contributed by atoms with Gasteiger partial charge < -0.3 is 14.8 Å². The Morgan fingerprint density at radius 1 is 1.12 bits per heavy atom. The summed E-state index contributed by atoms with van der Waals surface area (Å²) in [5.41, 5.74) is 0.943. The summed E-state index contributed by atoms with van der Waals surface area (Å²) in [4.78, 5) is 26.6. The van der Waals surface area contributed by atoms with Gasteiger partial charge in [-0.05, 0) is 18.2 Å². The van der Waals surface area contributed by atoms with Crippen LogP contribution in [-0.4, -0.2) is 34.9 Å². The lowest BCUT2D eigenvalue weighted by molar-refractivity contribution is 0.257. The maximum atomic E-state index is 12.4. The molecule has 0 spiro atoms. The molecule has 0 saturated carbocycles.